The number of amidine groups is 1. The van der Waals surface area contributed by atoms with Gasteiger partial charge in [-0.05, 0) is 25.0 Å². The first-order chi connectivity index (χ1) is 8.34. The lowest BCUT2D eigenvalue weighted by molar-refractivity contribution is 0.275. The van der Waals surface area contributed by atoms with Crippen LogP contribution in [-0.4, -0.2) is 12.4 Å². The van der Waals surface area contributed by atoms with Gasteiger partial charge in [0.1, 0.15) is 0 Å². The van der Waals surface area contributed by atoms with Gasteiger partial charge in [0, 0.05) is 5.41 Å². The van der Waals surface area contributed by atoms with E-state index in [9.17, 15) is 4.39 Å². The largest absolute Gasteiger partial charge is 0.490 e. The van der Waals surface area contributed by atoms with Crippen LogP contribution in [0, 0.1) is 16.6 Å². The molecule has 3 nitrogen and oxygen atoms in total. The molecule has 1 rings (SSSR count). The Kier molecular flexibility index (Phi) is 4.96. The molecule has 0 saturated heterocycles. The van der Waals surface area contributed by atoms with Gasteiger partial charge >= 0.3 is 0 Å². The van der Waals surface area contributed by atoms with Crippen molar-refractivity contribution in [1.29, 1.82) is 5.41 Å². The lowest BCUT2D eigenvalue weighted by atomic mass is 9.87. The quantitative estimate of drug-likeness (QED) is 0.472. The molecule has 0 atom stereocenters. The predicted molar refractivity (Wildman–Crippen MR) is 71.8 cm³/mol. The van der Waals surface area contributed by atoms with Crippen LogP contribution in [0.15, 0.2) is 18.2 Å². The van der Waals surface area contributed by atoms with E-state index in [1.54, 1.807) is 6.07 Å². The zero-order chi connectivity index (χ0) is 13.8. The molecule has 1 aromatic rings. The van der Waals surface area contributed by atoms with Gasteiger partial charge in [-0.15, -0.1) is 0 Å². The van der Waals surface area contributed by atoms with Gasteiger partial charge in [0.2, 0.25) is 0 Å². The van der Waals surface area contributed by atoms with Crippen molar-refractivity contribution in [3.05, 3.63) is 29.0 Å². The molecular weight excluding hydrogens is 255 g/mol. The van der Waals surface area contributed by atoms with Crippen molar-refractivity contribution in [2.45, 2.75) is 26.7 Å². The second-order valence-corrected chi connectivity index (χ2v) is 5.21. The minimum Gasteiger partial charge on any atom is -0.490 e. The van der Waals surface area contributed by atoms with Crippen molar-refractivity contribution < 1.29 is 9.13 Å². The molecule has 5 heteroatoms. The van der Waals surface area contributed by atoms with Gasteiger partial charge in [0.05, 0.1) is 17.5 Å². The second-order valence-electron chi connectivity index (χ2n) is 4.80. The van der Waals surface area contributed by atoms with Gasteiger partial charge in [-0.3, -0.25) is 5.41 Å². The first-order valence-electron chi connectivity index (χ1n) is 5.76. The zero-order valence-corrected chi connectivity index (χ0v) is 11.4. The van der Waals surface area contributed by atoms with Crippen LogP contribution in [0.4, 0.5) is 4.39 Å². The van der Waals surface area contributed by atoms with Gasteiger partial charge in [-0.2, -0.15) is 0 Å². The van der Waals surface area contributed by atoms with Gasteiger partial charge in [-0.1, -0.05) is 31.5 Å². The third-order valence-corrected chi connectivity index (χ3v) is 3.14. The monoisotopic (exact) mass is 272 g/mol. The first-order valence-corrected chi connectivity index (χ1v) is 6.13. The standard InChI is InChI=1S/C13H18ClFN2O/c1-13(2,12(16)17)7-4-8-18-10-6-3-5-9(14)11(10)15/h3,5-6H,4,7-8H2,1-2H3,(H3,16,17). The maximum atomic E-state index is 13.5. The van der Waals surface area contributed by atoms with Crippen molar-refractivity contribution in [3.8, 4) is 5.75 Å². The summed E-state index contributed by atoms with van der Waals surface area (Å²) in [5.41, 5.74) is 5.12. The average molecular weight is 273 g/mol. The van der Waals surface area contributed by atoms with Crippen LogP contribution in [0.5, 0.6) is 5.75 Å². The summed E-state index contributed by atoms with van der Waals surface area (Å²) in [6.07, 6.45) is 1.41. The van der Waals surface area contributed by atoms with E-state index < -0.39 is 5.82 Å². The van der Waals surface area contributed by atoms with Crippen molar-refractivity contribution in [2.24, 2.45) is 11.1 Å². The molecule has 0 aliphatic carbocycles. The van der Waals surface area contributed by atoms with Crippen molar-refractivity contribution in [2.75, 3.05) is 6.61 Å². The summed E-state index contributed by atoms with van der Waals surface area (Å²) in [6, 6.07) is 4.65. The average Bonchev–Trinajstić information content (AvgIpc) is 2.29. The molecule has 0 amide bonds. The number of benzene rings is 1. The number of hydrogen-bond donors (Lipinski definition) is 2. The molecule has 0 spiro atoms. The number of nitrogens with one attached hydrogen (secondary N) is 1. The second kappa shape index (κ2) is 6.05. The number of ether oxygens (including phenoxy) is 1. The normalized spacial score (nSPS) is 11.3. The highest BCUT2D eigenvalue weighted by atomic mass is 35.5. The fourth-order valence-electron chi connectivity index (χ4n) is 1.43. The van der Waals surface area contributed by atoms with E-state index in [1.165, 1.54) is 12.1 Å². The number of halogens is 2. The van der Waals surface area contributed by atoms with Crippen molar-refractivity contribution in [1.82, 2.24) is 0 Å². The fourth-order valence-corrected chi connectivity index (χ4v) is 1.59. The molecule has 100 valence electrons. The molecule has 0 radical (unpaired) electrons. The zero-order valence-electron chi connectivity index (χ0n) is 10.6. The Morgan fingerprint density at radius 1 is 1.50 bits per heavy atom. The topological polar surface area (TPSA) is 59.1 Å². The Bertz CT molecular complexity index is 435. The molecule has 1 aromatic carbocycles. The first kappa shape index (κ1) is 14.8. The lowest BCUT2D eigenvalue weighted by Gasteiger charge is -2.22. The summed E-state index contributed by atoms with van der Waals surface area (Å²) in [7, 11) is 0. The van der Waals surface area contributed by atoms with Gasteiger partial charge < -0.3 is 10.5 Å². The molecule has 0 aliphatic rings. The van der Waals surface area contributed by atoms with E-state index in [1.807, 2.05) is 13.8 Å². The summed E-state index contributed by atoms with van der Waals surface area (Å²) in [6.45, 7) is 4.17. The molecule has 3 N–H and O–H groups in total. The minimum absolute atomic E-state index is 0.0524. The molecule has 0 aliphatic heterocycles. The summed E-state index contributed by atoms with van der Waals surface area (Å²) in [4.78, 5) is 0. The van der Waals surface area contributed by atoms with Gasteiger partial charge in [-0.25, -0.2) is 4.39 Å². The van der Waals surface area contributed by atoms with Crippen LogP contribution in [0.25, 0.3) is 0 Å². The maximum Gasteiger partial charge on any atom is 0.183 e. The van der Waals surface area contributed by atoms with E-state index >= 15 is 0 Å². The van der Waals surface area contributed by atoms with Crippen LogP contribution in [0.3, 0.4) is 0 Å². The molecule has 0 fully saturated rings. The Balaban J connectivity index is 2.43. The third kappa shape index (κ3) is 3.88. The molecular formula is C13H18ClFN2O. The van der Waals surface area contributed by atoms with Crippen LogP contribution >= 0.6 is 11.6 Å². The molecule has 0 heterocycles. The summed E-state index contributed by atoms with van der Waals surface area (Å²) < 4.78 is 18.8. The van der Waals surface area contributed by atoms with Crippen molar-refractivity contribution >= 4 is 17.4 Å². The Hall–Kier alpha value is -1.29. The Morgan fingerprint density at radius 2 is 2.17 bits per heavy atom. The van der Waals surface area contributed by atoms with E-state index in [0.29, 0.717) is 19.4 Å². The van der Waals surface area contributed by atoms with Gasteiger partial charge in [0.25, 0.3) is 0 Å². The molecule has 0 aromatic heterocycles. The highest BCUT2D eigenvalue weighted by molar-refractivity contribution is 6.30. The Morgan fingerprint density at radius 3 is 2.78 bits per heavy atom. The summed E-state index contributed by atoms with van der Waals surface area (Å²) in [5, 5.41) is 7.47. The van der Waals surface area contributed by atoms with E-state index in [0.717, 1.165) is 0 Å². The molecule has 0 unspecified atom stereocenters. The van der Waals surface area contributed by atoms with Crippen molar-refractivity contribution in [3.63, 3.8) is 0 Å². The number of nitrogens with two attached hydrogens (primary N) is 1. The van der Waals surface area contributed by atoms with Crippen LogP contribution in [0.1, 0.15) is 26.7 Å². The SMILES string of the molecule is CC(C)(CCCOc1cccc(Cl)c1F)C(=N)N. The fraction of sp³-hybridized carbons (Fsp3) is 0.462. The minimum atomic E-state index is -0.537. The third-order valence-electron chi connectivity index (χ3n) is 2.85. The Labute approximate surface area is 112 Å². The van der Waals surface area contributed by atoms with E-state index in [2.05, 4.69) is 0 Å². The summed E-state index contributed by atoms with van der Waals surface area (Å²) in [5.74, 6) is -0.232. The highest BCUT2D eigenvalue weighted by Crippen LogP contribution is 2.25. The predicted octanol–water partition coefficient (Wildman–Crippen LogP) is 3.60. The molecule has 0 saturated carbocycles. The van der Waals surface area contributed by atoms with Crippen LogP contribution in [0.2, 0.25) is 5.02 Å². The molecule has 0 bridgehead atoms. The smallest absolute Gasteiger partial charge is 0.183 e. The van der Waals surface area contributed by atoms with E-state index in [-0.39, 0.29) is 22.0 Å². The lowest BCUT2D eigenvalue weighted by Crippen LogP contribution is -2.31. The van der Waals surface area contributed by atoms with Crippen LogP contribution < -0.4 is 10.5 Å². The molecule has 18 heavy (non-hydrogen) atoms. The summed E-state index contributed by atoms with van der Waals surface area (Å²) >= 11 is 5.64. The highest BCUT2D eigenvalue weighted by Gasteiger charge is 2.20. The maximum absolute atomic E-state index is 13.5. The van der Waals surface area contributed by atoms with Gasteiger partial charge in [0.15, 0.2) is 11.6 Å². The van der Waals surface area contributed by atoms with E-state index in [4.69, 9.17) is 27.5 Å². The van der Waals surface area contributed by atoms with Crippen LogP contribution in [-0.2, 0) is 0 Å². The number of hydrogen-bond acceptors (Lipinski definition) is 2. The number of rotatable bonds is 6.